The summed E-state index contributed by atoms with van der Waals surface area (Å²) in [7, 11) is -1.90. The van der Waals surface area contributed by atoms with Crippen LogP contribution in [0.5, 0.6) is 5.75 Å². The van der Waals surface area contributed by atoms with Crippen LogP contribution in [0.1, 0.15) is 25.3 Å². The third-order valence-electron chi connectivity index (χ3n) is 4.25. The lowest BCUT2D eigenvalue weighted by Gasteiger charge is -2.25. The first-order valence-corrected chi connectivity index (χ1v) is 9.43. The van der Waals surface area contributed by atoms with Gasteiger partial charge in [0.1, 0.15) is 5.75 Å². The van der Waals surface area contributed by atoms with Gasteiger partial charge in [0, 0.05) is 24.9 Å². The molecule has 1 aromatic rings. The summed E-state index contributed by atoms with van der Waals surface area (Å²) in [6.07, 6.45) is 1.96. The van der Waals surface area contributed by atoms with E-state index in [1.54, 1.807) is 12.0 Å². The van der Waals surface area contributed by atoms with Gasteiger partial charge in [-0.15, -0.1) is 0 Å². The van der Waals surface area contributed by atoms with Crippen molar-refractivity contribution in [1.82, 2.24) is 4.90 Å². The van der Waals surface area contributed by atoms with Crippen LogP contribution >= 0.6 is 0 Å². The lowest BCUT2D eigenvalue weighted by molar-refractivity contribution is -0.129. The molecule has 0 aliphatic carbocycles. The Kier molecular flexibility index (Phi) is 5.64. The van der Waals surface area contributed by atoms with Crippen molar-refractivity contribution in [3.63, 3.8) is 0 Å². The molecule has 1 fully saturated rings. The summed E-state index contributed by atoms with van der Waals surface area (Å²) in [5.74, 6) is 0.518. The standard InChI is InChI=1S/C16H24N2O4S/c1-12(3-4-13-5-7-15(22-2)8-6-13)18-10-14(9-16(18)19)11-23(17,20)21/h5-8,12,14H,3-4,9-11H2,1-2H3,(H2,17,20,21). The number of primary sulfonamides is 1. The number of sulfonamides is 1. The Balaban J connectivity index is 1.87. The molecule has 1 aliphatic heterocycles. The fraction of sp³-hybridized carbons (Fsp3) is 0.562. The van der Waals surface area contributed by atoms with Gasteiger partial charge in [0.25, 0.3) is 0 Å². The van der Waals surface area contributed by atoms with E-state index in [2.05, 4.69) is 0 Å². The molecule has 128 valence electrons. The van der Waals surface area contributed by atoms with E-state index in [1.165, 1.54) is 5.56 Å². The highest BCUT2D eigenvalue weighted by molar-refractivity contribution is 7.89. The van der Waals surface area contributed by atoms with Crippen LogP contribution in [0.2, 0.25) is 0 Å². The van der Waals surface area contributed by atoms with Crippen LogP contribution in [0, 0.1) is 5.92 Å². The number of benzene rings is 1. The molecule has 2 N–H and O–H groups in total. The highest BCUT2D eigenvalue weighted by atomic mass is 32.2. The Labute approximate surface area is 137 Å². The van der Waals surface area contributed by atoms with Crippen molar-refractivity contribution in [1.29, 1.82) is 0 Å². The Bertz CT molecular complexity index is 643. The van der Waals surface area contributed by atoms with Gasteiger partial charge in [-0.1, -0.05) is 12.1 Å². The van der Waals surface area contributed by atoms with Gasteiger partial charge in [0.2, 0.25) is 15.9 Å². The summed E-state index contributed by atoms with van der Waals surface area (Å²) >= 11 is 0. The first kappa shape index (κ1) is 17.7. The highest BCUT2D eigenvalue weighted by Crippen LogP contribution is 2.23. The number of aryl methyl sites for hydroxylation is 1. The number of hydrogen-bond donors (Lipinski definition) is 1. The van der Waals surface area contributed by atoms with Gasteiger partial charge in [-0.3, -0.25) is 4.79 Å². The maximum Gasteiger partial charge on any atom is 0.223 e. The average molecular weight is 340 g/mol. The normalized spacial score (nSPS) is 19.9. The van der Waals surface area contributed by atoms with Crippen molar-refractivity contribution in [2.45, 2.75) is 32.2 Å². The van der Waals surface area contributed by atoms with E-state index in [9.17, 15) is 13.2 Å². The fourth-order valence-corrected chi connectivity index (χ4v) is 3.88. The zero-order valence-electron chi connectivity index (χ0n) is 13.6. The zero-order chi connectivity index (χ0) is 17.0. The summed E-state index contributed by atoms with van der Waals surface area (Å²) in [4.78, 5) is 13.9. The summed E-state index contributed by atoms with van der Waals surface area (Å²) in [6, 6.07) is 7.95. The zero-order valence-corrected chi connectivity index (χ0v) is 14.4. The monoisotopic (exact) mass is 340 g/mol. The number of amides is 1. The third-order valence-corrected chi connectivity index (χ3v) is 5.18. The molecule has 0 aromatic heterocycles. The second-order valence-electron chi connectivity index (χ2n) is 6.18. The molecule has 2 atom stereocenters. The van der Waals surface area contributed by atoms with Crippen LogP contribution in [0.3, 0.4) is 0 Å². The summed E-state index contributed by atoms with van der Waals surface area (Å²) in [6.45, 7) is 2.47. The molecule has 0 saturated carbocycles. The second-order valence-corrected chi connectivity index (χ2v) is 7.84. The first-order chi connectivity index (χ1) is 10.8. The largest absolute Gasteiger partial charge is 0.497 e. The molecule has 1 amide bonds. The lowest BCUT2D eigenvalue weighted by Crippen LogP contribution is -2.35. The van der Waals surface area contributed by atoms with E-state index in [0.717, 1.165) is 18.6 Å². The molecule has 0 radical (unpaired) electrons. The van der Waals surface area contributed by atoms with Crippen LogP contribution in [0.15, 0.2) is 24.3 Å². The minimum atomic E-state index is -3.53. The van der Waals surface area contributed by atoms with Gasteiger partial charge in [-0.25, -0.2) is 13.6 Å². The predicted octanol–water partition coefficient (Wildman–Crippen LogP) is 1.15. The van der Waals surface area contributed by atoms with Gasteiger partial charge in [-0.2, -0.15) is 0 Å². The minimum absolute atomic E-state index is 0.0147. The molecule has 0 bridgehead atoms. The van der Waals surface area contributed by atoms with Crippen molar-refractivity contribution in [2.75, 3.05) is 19.4 Å². The van der Waals surface area contributed by atoms with Gasteiger partial charge in [0.05, 0.1) is 12.9 Å². The summed E-state index contributed by atoms with van der Waals surface area (Å²) in [5, 5.41) is 5.07. The number of carbonyl (C=O) groups is 1. The number of rotatable bonds is 7. The van der Waals surface area contributed by atoms with Crippen LogP contribution in [-0.2, 0) is 21.2 Å². The quantitative estimate of drug-likeness (QED) is 0.806. The number of ether oxygens (including phenoxy) is 1. The molecule has 7 heteroatoms. The van der Waals surface area contributed by atoms with Gasteiger partial charge in [-0.05, 0) is 37.5 Å². The van der Waals surface area contributed by atoms with E-state index < -0.39 is 10.0 Å². The van der Waals surface area contributed by atoms with Crippen molar-refractivity contribution >= 4 is 15.9 Å². The third kappa shape index (κ3) is 5.21. The van der Waals surface area contributed by atoms with Crippen LogP contribution in [-0.4, -0.2) is 44.7 Å². The van der Waals surface area contributed by atoms with Crippen molar-refractivity contribution in [3.8, 4) is 5.75 Å². The molecule has 2 rings (SSSR count). The molecule has 1 aromatic carbocycles. The van der Waals surface area contributed by atoms with E-state index in [0.29, 0.717) is 6.54 Å². The molecule has 6 nitrogen and oxygen atoms in total. The van der Waals surface area contributed by atoms with Crippen molar-refractivity contribution < 1.29 is 17.9 Å². The number of likely N-dealkylation sites (tertiary alicyclic amines) is 1. The molecule has 1 heterocycles. The average Bonchev–Trinajstić information content (AvgIpc) is 2.83. The second kappa shape index (κ2) is 7.31. The van der Waals surface area contributed by atoms with E-state index in [1.807, 2.05) is 31.2 Å². The molecular formula is C16H24N2O4S. The van der Waals surface area contributed by atoms with Gasteiger partial charge < -0.3 is 9.64 Å². The molecular weight excluding hydrogens is 316 g/mol. The fourth-order valence-electron chi connectivity index (χ4n) is 3.00. The molecule has 1 saturated heterocycles. The Morgan fingerprint density at radius 1 is 1.35 bits per heavy atom. The minimum Gasteiger partial charge on any atom is -0.497 e. The maximum atomic E-state index is 12.1. The number of methoxy groups -OCH3 is 1. The van der Waals surface area contributed by atoms with Crippen LogP contribution in [0.4, 0.5) is 0 Å². The van der Waals surface area contributed by atoms with E-state index in [-0.39, 0.29) is 30.0 Å². The Morgan fingerprint density at radius 3 is 2.57 bits per heavy atom. The summed E-state index contributed by atoms with van der Waals surface area (Å²) < 4.78 is 27.5. The SMILES string of the molecule is COc1ccc(CCC(C)N2CC(CS(N)(=O)=O)CC2=O)cc1. The number of hydrogen-bond acceptors (Lipinski definition) is 4. The number of nitrogens with two attached hydrogens (primary N) is 1. The molecule has 0 spiro atoms. The smallest absolute Gasteiger partial charge is 0.223 e. The van der Waals surface area contributed by atoms with Gasteiger partial charge >= 0.3 is 0 Å². The van der Waals surface area contributed by atoms with E-state index >= 15 is 0 Å². The van der Waals surface area contributed by atoms with Crippen molar-refractivity contribution in [3.05, 3.63) is 29.8 Å². The van der Waals surface area contributed by atoms with Crippen LogP contribution < -0.4 is 9.88 Å². The van der Waals surface area contributed by atoms with Gasteiger partial charge in [0.15, 0.2) is 0 Å². The number of nitrogens with zero attached hydrogens (tertiary/aromatic N) is 1. The first-order valence-electron chi connectivity index (χ1n) is 7.71. The Morgan fingerprint density at radius 2 is 2.00 bits per heavy atom. The molecule has 2 unspecified atom stereocenters. The van der Waals surface area contributed by atoms with Crippen LogP contribution in [0.25, 0.3) is 0 Å². The molecule has 1 aliphatic rings. The Hall–Kier alpha value is -1.60. The maximum absolute atomic E-state index is 12.1. The number of carbonyl (C=O) groups excluding carboxylic acids is 1. The molecule has 23 heavy (non-hydrogen) atoms. The topological polar surface area (TPSA) is 89.7 Å². The highest BCUT2D eigenvalue weighted by Gasteiger charge is 2.34. The lowest BCUT2D eigenvalue weighted by atomic mass is 10.1. The van der Waals surface area contributed by atoms with E-state index in [4.69, 9.17) is 9.88 Å². The predicted molar refractivity (Wildman–Crippen MR) is 88.6 cm³/mol. The van der Waals surface area contributed by atoms with Crippen molar-refractivity contribution in [2.24, 2.45) is 11.1 Å². The summed E-state index contributed by atoms with van der Waals surface area (Å²) in [5.41, 5.74) is 1.19.